The predicted octanol–water partition coefficient (Wildman–Crippen LogP) is 6.18. The second-order valence-corrected chi connectivity index (χ2v) is 11.6. The van der Waals surface area contributed by atoms with E-state index in [0.29, 0.717) is 43.7 Å². The van der Waals surface area contributed by atoms with Crippen LogP contribution in [0.15, 0.2) is 118 Å². The van der Waals surface area contributed by atoms with E-state index in [9.17, 15) is 9.59 Å². The quantitative estimate of drug-likeness (QED) is 0.181. The van der Waals surface area contributed by atoms with Gasteiger partial charge in [0.2, 0.25) is 0 Å². The van der Waals surface area contributed by atoms with E-state index in [1.54, 1.807) is 18.6 Å². The minimum Gasteiger partial charge on any atom is -0.497 e. The van der Waals surface area contributed by atoms with Gasteiger partial charge in [-0.1, -0.05) is 95.7 Å². The molecule has 0 amide bonds. The van der Waals surface area contributed by atoms with Gasteiger partial charge >= 0.3 is 5.97 Å². The van der Waals surface area contributed by atoms with Gasteiger partial charge in [0.05, 0.1) is 35.6 Å². The summed E-state index contributed by atoms with van der Waals surface area (Å²) in [5.74, 6) is 0.705. The van der Waals surface area contributed by atoms with E-state index in [0.717, 1.165) is 16.7 Å². The summed E-state index contributed by atoms with van der Waals surface area (Å²) < 4.78 is 19.1. The molecule has 45 heavy (non-hydrogen) atoms. The van der Waals surface area contributed by atoms with Gasteiger partial charge < -0.3 is 14.2 Å². The van der Waals surface area contributed by atoms with Crippen LogP contribution in [0.3, 0.4) is 0 Å². The summed E-state index contributed by atoms with van der Waals surface area (Å²) in [7, 11) is 1.58. The fraction of sp³-hybridized carbons (Fsp3) is 0.139. The van der Waals surface area contributed by atoms with Crippen molar-refractivity contribution in [2.24, 2.45) is 4.99 Å². The topological polar surface area (TPSA) is 79.1 Å². The lowest BCUT2D eigenvalue weighted by molar-refractivity contribution is -0.138. The summed E-state index contributed by atoms with van der Waals surface area (Å²) in [5.41, 5.74) is 3.57. The van der Waals surface area contributed by atoms with Crippen LogP contribution in [-0.4, -0.2) is 24.3 Å². The number of carbonyl (C=O) groups excluding carboxylic acids is 1. The third kappa shape index (κ3) is 6.34. The number of halogens is 1. The van der Waals surface area contributed by atoms with E-state index in [1.807, 2.05) is 109 Å². The summed E-state index contributed by atoms with van der Waals surface area (Å²) in [5, 5.41) is 0.636. The Morgan fingerprint density at radius 3 is 2.49 bits per heavy atom. The molecule has 1 atom stereocenters. The molecule has 226 valence electrons. The summed E-state index contributed by atoms with van der Waals surface area (Å²) in [4.78, 5) is 33.2. The Labute approximate surface area is 268 Å². The van der Waals surface area contributed by atoms with Gasteiger partial charge in [0.15, 0.2) is 4.80 Å². The van der Waals surface area contributed by atoms with Crippen LogP contribution in [0.25, 0.3) is 11.8 Å². The van der Waals surface area contributed by atoms with Crippen molar-refractivity contribution in [3.63, 3.8) is 0 Å². The molecule has 0 aliphatic carbocycles. The lowest BCUT2D eigenvalue weighted by Gasteiger charge is -2.26. The Balaban J connectivity index is 1.49. The largest absolute Gasteiger partial charge is 0.497 e. The van der Waals surface area contributed by atoms with Crippen molar-refractivity contribution >= 4 is 40.7 Å². The van der Waals surface area contributed by atoms with Gasteiger partial charge in [-0.05, 0) is 54.5 Å². The number of hydrogen-bond acceptors (Lipinski definition) is 7. The second kappa shape index (κ2) is 13.4. The molecule has 0 saturated carbocycles. The molecule has 4 aromatic carbocycles. The van der Waals surface area contributed by atoms with Crippen LogP contribution in [0.5, 0.6) is 11.5 Å². The van der Waals surface area contributed by atoms with Gasteiger partial charge in [-0.3, -0.25) is 9.36 Å². The average Bonchev–Trinajstić information content (AvgIpc) is 3.38. The zero-order valence-corrected chi connectivity index (χ0v) is 26.2. The van der Waals surface area contributed by atoms with Gasteiger partial charge in [0.25, 0.3) is 5.56 Å². The number of ether oxygens (including phenoxy) is 3. The zero-order valence-electron chi connectivity index (χ0n) is 24.6. The Morgan fingerprint density at radius 2 is 1.71 bits per heavy atom. The number of aromatic nitrogens is 1. The van der Waals surface area contributed by atoms with E-state index in [2.05, 4.69) is 0 Å². The van der Waals surface area contributed by atoms with Crippen LogP contribution in [0, 0.1) is 0 Å². The van der Waals surface area contributed by atoms with E-state index < -0.39 is 12.0 Å². The van der Waals surface area contributed by atoms with Crippen molar-refractivity contribution in [3.8, 4) is 11.5 Å². The summed E-state index contributed by atoms with van der Waals surface area (Å²) >= 11 is 7.56. The Kier molecular flexibility index (Phi) is 8.96. The molecular formula is C36H29ClN2O5S. The third-order valence-electron chi connectivity index (χ3n) is 7.29. The lowest BCUT2D eigenvalue weighted by Crippen LogP contribution is -2.40. The van der Waals surface area contributed by atoms with Gasteiger partial charge in [-0.2, -0.15) is 0 Å². The number of thiazole rings is 1. The molecule has 5 aromatic rings. The number of hydrogen-bond donors (Lipinski definition) is 0. The van der Waals surface area contributed by atoms with E-state index in [1.165, 1.54) is 11.3 Å². The maximum Gasteiger partial charge on any atom is 0.338 e. The highest BCUT2D eigenvalue weighted by Crippen LogP contribution is 2.36. The number of benzene rings is 4. The molecular weight excluding hydrogens is 608 g/mol. The number of methoxy groups -OCH3 is 1. The molecule has 9 heteroatoms. The standard InChI is InChI=1S/C36H29ClN2O5S/c1-3-43-35(41)31-32(24-12-5-4-6-13-24)38-36-39(33(31)25-15-10-16-27(21-25)42-2)34(40)30(45-36)20-23-11-9-17-28(19-23)44-22-26-14-7-8-18-29(26)37/h4-21,33H,3,22H2,1-2H3/b30-20+/t33-/m1/s1. The molecule has 1 aliphatic rings. The number of esters is 1. The number of fused-ring (bicyclic) bond motifs is 1. The molecule has 0 N–H and O–H groups in total. The van der Waals surface area contributed by atoms with Crippen LogP contribution in [-0.2, 0) is 16.1 Å². The molecule has 1 aromatic heterocycles. The summed E-state index contributed by atoms with van der Waals surface area (Å²) in [6.45, 7) is 2.24. The van der Waals surface area contributed by atoms with E-state index >= 15 is 0 Å². The van der Waals surface area contributed by atoms with Gasteiger partial charge in [-0.15, -0.1) is 0 Å². The molecule has 0 saturated heterocycles. The second-order valence-electron chi connectivity index (χ2n) is 10.2. The lowest BCUT2D eigenvalue weighted by atomic mass is 9.93. The first kappa shape index (κ1) is 30.1. The monoisotopic (exact) mass is 636 g/mol. The average molecular weight is 637 g/mol. The number of nitrogens with zero attached hydrogens (tertiary/aromatic N) is 2. The first-order valence-corrected chi connectivity index (χ1v) is 15.5. The van der Waals surface area contributed by atoms with Crippen LogP contribution >= 0.6 is 22.9 Å². The molecule has 0 spiro atoms. The molecule has 0 radical (unpaired) electrons. The molecule has 2 heterocycles. The Morgan fingerprint density at radius 1 is 0.956 bits per heavy atom. The van der Waals surface area contributed by atoms with Crippen molar-refractivity contribution in [1.29, 1.82) is 0 Å². The van der Waals surface area contributed by atoms with Crippen LogP contribution < -0.4 is 24.4 Å². The highest BCUT2D eigenvalue weighted by Gasteiger charge is 2.35. The maximum atomic E-state index is 14.2. The predicted molar refractivity (Wildman–Crippen MR) is 176 cm³/mol. The van der Waals surface area contributed by atoms with Gasteiger partial charge in [-0.25, -0.2) is 9.79 Å². The summed E-state index contributed by atoms with van der Waals surface area (Å²) in [6.07, 6.45) is 1.81. The molecule has 0 fully saturated rings. The van der Waals surface area contributed by atoms with Crippen molar-refractivity contribution in [3.05, 3.63) is 156 Å². The van der Waals surface area contributed by atoms with Crippen LogP contribution in [0.2, 0.25) is 5.02 Å². The normalized spacial score (nSPS) is 14.5. The van der Waals surface area contributed by atoms with Crippen LogP contribution in [0.4, 0.5) is 0 Å². The molecule has 1 aliphatic heterocycles. The molecule has 0 bridgehead atoms. The maximum absolute atomic E-state index is 14.2. The van der Waals surface area contributed by atoms with Gasteiger partial charge in [0, 0.05) is 16.1 Å². The van der Waals surface area contributed by atoms with E-state index in [-0.39, 0.29) is 17.7 Å². The highest BCUT2D eigenvalue weighted by atomic mass is 35.5. The van der Waals surface area contributed by atoms with E-state index in [4.69, 9.17) is 30.8 Å². The van der Waals surface area contributed by atoms with Crippen LogP contribution in [0.1, 0.15) is 35.2 Å². The fourth-order valence-corrected chi connectivity index (χ4v) is 6.38. The molecule has 6 rings (SSSR count). The zero-order chi connectivity index (χ0) is 31.3. The third-order valence-corrected chi connectivity index (χ3v) is 8.64. The fourth-order valence-electron chi connectivity index (χ4n) is 5.19. The number of rotatable bonds is 9. The summed E-state index contributed by atoms with van der Waals surface area (Å²) in [6, 6.07) is 31.0. The Bertz CT molecular complexity index is 2080. The number of carbonyl (C=O) groups is 1. The van der Waals surface area contributed by atoms with Gasteiger partial charge in [0.1, 0.15) is 18.1 Å². The van der Waals surface area contributed by atoms with Crippen molar-refractivity contribution in [2.45, 2.75) is 19.6 Å². The Hall–Kier alpha value is -4.92. The van der Waals surface area contributed by atoms with Crippen molar-refractivity contribution < 1.29 is 19.0 Å². The minimum absolute atomic E-state index is 0.175. The molecule has 7 nitrogen and oxygen atoms in total. The SMILES string of the molecule is CCOC(=O)C1=C(c2ccccc2)N=c2s/c(=C/c3cccc(OCc4ccccc4Cl)c3)c(=O)n2[C@@H]1c1cccc(OC)c1. The smallest absolute Gasteiger partial charge is 0.338 e. The first-order chi connectivity index (χ1) is 22.0. The van der Waals surface area contributed by atoms with Crippen molar-refractivity contribution in [2.75, 3.05) is 13.7 Å². The first-order valence-electron chi connectivity index (χ1n) is 14.4. The highest BCUT2D eigenvalue weighted by molar-refractivity contribution is 7.07. The van der Waals surface area contributed by atoms with Crippen molar-refractivity contribution in [1.82, 2.24) is 4.57 Å². The molecule has 0 unspecified atom stereocenters. The minimum atomic E-state index is -0.793.